The van der Waals surface area contributed by atoms with Crippen molar-refractivity contribution in [2.75, 3.05) is 0 Å². The minimum absolute atomic E-state index is 0.250. The normalized spacial score (nSPS) is 17.3. The van der Waals surface area contributed by atoms with Crippen LogP contribution in [0, 0.1) is 0 Å². The lowest BCUT2D eigenvalue weighted by atomic mass is 9.90. The molecule has 0 bridgehead atoms. The smallest absolute Gasteiger partial charge is 0.102 e. The van der Waals surface area contributed by atoms with E-state index in [1.165, 1.54) is 16.7 Å². The molecule has 20 heavy (non-hydrogen) atoms. The lowest BCUT2D eigenvalue weighted by Gasteiger charge is -2.22. The van der Waals surface area contributed by atoms with Crippen molar-refractivity contribution in [3.63, 3.8) is 0 Å². The maximum atomic E-state index is 5.82. The zero-order chi connectivity index (χ0) is 14.0. The molecular formula is C18H18N2. The van der Waals surface area contributed by atoms with Crippen molar-refractivity contribution in [2.45, 2.75) is 11.6 Å². The Morgan fingerprint density at radius 3 is 1.85 bits per heavy atom. The first kappa shape index (κ1) is 12.9. The van der Waals surface area contributed by atoms with E-state index in [0.29, 0.717) is 0 Å². The first-order valence-corrected chi connectivity index (χ1v) is 6.76. The third-order valence-electron chi connectivity index (χ3n) is 3.59. The second kappa shape index (κ2) is 5.08. The lowest BCUT2D eigenvalue weighted by Crippen LogP contribution is -2.46. The van der Waals surface area contributed by atoms with Crippen LogP contribution < -0.4 is 11.5 Å². The summed E-state index contributed by atoms with van der Waals surface area (Å²) in [7, 11) is 0. The van der Waals surface area contributed by atoms with E-state index >= 15 is 0 Å². The van der Waals surface area contributed by atoms with Crippen molar-refractivity contribution in [1.82, 2.24) is 0 Å². The summed E-state index contributed by atoms with van der Waals surface area (Å²) in [5.41, 5.74) is 14.5. The fourth-order valence-corrected chi connectivity index (χ4v) is 2.41. The summed E-state index contributed by atoms with van der Waals surface area (Å²) in [5, 5.41) is 0. The highest BCUT2D eigenvalue weighted by Crippen LogP contribution is 2.26. The summed E-state index contributed by atoms with van der Waals surface area (Å²) in [5.74, 6) is 0.250. The van der Waals surface area contributed by atoms with Crippen LogP contribution in [0.15, 0.2) is 78.9 Å². The summed E-state index contributed by atoms with van der Waals surface area (Å²) in [6.07, 6.45) is 7.81. The van der Waals surface area contributed by atoms with Gasteiger partial charge in [-0.05, 0) is 28.8 Å². The molecule has 0 fully saturated rings. The van der Waals surface area contributed by atoms with Gasteiger partial charge in [-0.25, -0.2) is 0 Å². The van der Waals surface area contributed by atoms with Gasteiger partial charge in [0.1, 0.15) is 5.66 Å². The minimum Gasteiger partial charge on any atom is -0.307 e. The fourth-order valence-electron chi connectivity index (χ4n) is 2.41. The Balaban J connectivity index is 1.83. The van der Waals surface area contributed by atoms with Gasteiger partial charge in [0.2, 0.25) is 0 Å². The van der Waals surface area contributed by atoms with Gasteiger partial charge in [-0.15, -0.1) is 0 Å². The molecule has 0 unspecified atom stereocenters. The summed E-state index contributed by atoms with van der Waals surface area (Å²) < 4.78 is 0. The van der Waals surface area contributed by atoms with E-state index in [1.54, 1.807) is 0 Å². The van der Waals surface area contributed by atoms with E-state index < -0.39 is 5.66 Å². The van der Waals surface area contributed by atoms with Crippen molar-refractivity contribution in [2.24, 2.45) is 11.5 Å². The predicted molar refractivity (Wildman–Crippen MR) is 84.0 cm³/mol. The molecule has 2 aromatic rings. The Bertz CT molecular complexity index is 621. The van der Waals surface area contributed by atoms with Crippen LogP contribution in [0.1, 0.15) is 11.5 Å². The molecule has 4 N–H and O–H groups in total. The zero-order valence-electron chi connectivity index (χ0n) is 11.2. The Kier molecular flexibility index (Phi) is 3.26. The second-order valence-corrected chi connectivity index (χ2v) is 5.23. The van der Waals surface area contributed by atoms with Crippen LogP contribution in [-0.4, -0.2) is 5.66 Å². The van der Waals surface area contributed by atoms with E-state index in [4.69, 9.17) is 11.5 Å². The average Bonchev–Trinajstić information content (AvgIpc) is 2.48. The average molecular weight is 262 g/mol. The van der Waals surface area contributed by atoms with E-state index in [2.05, 4.69) is 60.7 Å². The van der Waals surface area contributed by atoms with Crippen LogP contribution in [0.25, 0.3) is 11.1 Å². The van der Waals surface area contributed by atoms with E-state index in [0.717, 1.165) is 0 Å². The van der Waals surface area contributed by atoms with Gasteiger partial charge in [0, 0.05) is 5.92 Å². The molecule has 1 aliphatic rings. The first-order valence-electron chi connectivity index (χ1n) is 6.76. The molecule has 0 amide bonds. The molecule has 0 radical (unpaired) electrons. The van der Waals surface area contributed by atoms with Crippen molar-refractivity contribution < 1.29 is 0 Å². The quantitative estimate of drug-likeness (QED) is 0.645. The molecule has 0 aliphatic heterocycles. The maximum absolute atomic E-state index is 5.82. The number of hydrogen-bond acceptors (Lipinski definition) is 2. The molecule has 0 atom stereocenters. The van der Waals surface area contributed by atoms with Crippen LogP contribution in [0.5, 0.6) is 0 Å². The molecule has 1 aliphatic carbocycles. The van der Waals surface area contributed by atoms with Crippen LogP contribution in [0.3, 0.4) is 0 Å². The molecule has 2 nitrogen and oxygen atoms in total. The standard InChI is InChI=1S/C18H18N2/c19-18(20)12-10-17(11-13-18)16-8-6-15(7-9-16)14-4-2-1-3-5-14/h1-13,17H,19-20H2. The summed E-state index contributed by atoms with van der Waals surface area (Å²) in [4.78, 5) is 0. The molecule has 0 saturated carbocycles. The van der Waals surface area contributed by atoms with Gasteiger partial charge in [-0.2, -0.15) is 0 Å². The molecule has 2 heteroatoms. The Morgan fingerprint density at radius 1 is 0.700 bits per heavy atom. The Hall–Kier alpha value is -2.16. The Morgan fingerprint density at radius 2 is 1.25 bits per heavy atom. The molecule has 3 rings (SSSR count). The summed E-state index contributed by atoms with van der Waals surface area (Å²) >= 11 is 0. The SMILES string of the molecule is NC1(N)C=CC(c2ccc(-c3ccccc3)cc2)C=C1. The molecule has 100 valence electrons. The fraction of sp³-hybridized carbons (Fsp3) is 0.111. The van der Waals surface area contributed by atoms with Gasteiger partial charge in [0.15, 0.2) is 0 Å². The van der Waals surface area contributed by atoms with Gasteiger partial charge in [0.05, 0.1) is 0 Å². The van der Waals surface area contributed by atoms with Crippen LogP contribution in [-0.2, 0) is 0 Å². The van der Waals surface area contributed by atoms with E-state index in [9.17, 15) is 0 Å². The highest BCUT2D eigenvalue weighted by molar-refractivity contribution is 5.63. The molecule has 2 aromatic carbocycles. The summed E-state index contributed by atoms with van der Waals surface area (Å²) in [6.45, 7) is 0. The van der Waals surface area contributed by atoms with E-state index in [1.807, 2.05) is 18.2 Å². The number of benzene rings is 2. The Labute approximate surface area is 119 Å². The number of hydrogen-bond donors (Lipinski definition) is 2. The third kappa shape index (κ3) is 2.72. The van der Waals surface area contributed by atoms with Crippen LogP contribution >= 0.6 is 0 Å². The highest BCUT2D eigenvalue weighted by atomic mass is 14.9. The topological polar surface area (TPSA) is 52.0 Å². The predicted octanol–water partition coefficient (Wildman–Crippen LogP) is 3.18. The van der Waals surface area contributed by atoms with Crippen molar-refractivity contribution in [3.8, 4) is 11.1 Å². The van der Waals surface area contributed by atoms with Gasteiger partial charge < -0.3 is 11.5 Å². The van der Waals surface area contributed by atoms with E-state index in [-0.39, 0.29) is 5.92 Å². The first-order chi connectivity index (χ1) is 9.64. The maximum Gasteiger partial charge on any atom is 0.102 e. The largest absolute Gasteiger partial charge is 0.307 e. The van der Waals surface area contributed by atoms with Gasteiger partial charge in [0.25, 0.3) is 0 Å². The molecule has 0 aromatic heterocycles. The van der Waals surface area contributed by atoms with Gasteiger partial charge >= 0.3 is 0 Å². The third-order valence-corrected chi connectivity index (χ3v) is 3.59. The number of nitrogens with two attached hydrogens (primary N) is 2. The second-order valence-electron chi connectivity index (χ2n) is 5.23. The van der Waals surface area contributed by atoms with Crippen LogP contribution in [0.2, 0.25) is 0 Å². The number of allylic oxidation sites excluding steroid dienone is 2. The zero-order valence-corrected chi connectivity index (χ0v) is 11.2. The monoisotopic (exact) mass is 262 g/mol. The molecule has 0 heterocycles. The van der Waals surface area contributed by atoms with Crippen molar-refractivity contribution >= 4 is 0 Å². The van der Waals surface area contributed by atoms with Crippen molar-refractivity contribution in [1.29, 1.82) is 0 Å². The van der Waals surface area contributed by atoms with Gasteiger partial charge in [-0.3, -0.25) is 0 Å². The lowest BCUT2D eigenvalue weighted by molar-refractivity contribution is 0.674. The minimum atomic E-state index is -0.805. The number of rotatable bonds is 2. The van der Waals surface area contributed by atoms with Gasteiger partial charge in [-0.1, -0.05) is 66.7 Å². The molecule has 0 saturated heterocycles. The molecular weight excluding hydrogens is 244 g/mol. The highest BCUT2D eigenvalue weighted by Gasteiger charge is 2.17. The summed E-state index contributed by atoms with van der Waals surface area (Å²) in [6, 6.07) is 19.0. The molecule has 0 spiro atoms. The van der Waals surface area contributed by atoms with Crippen molar-refractivity contribution in [3.05, 3.63) is 84.5 Å². The van der Waals surface area contributed by atoms with Crippen LogP contribution in [0.4, 0.5) is 0 Å².